The second-order valence-electron chi connectivity index (χ2n) is 5.58. The highest BCUT2D eigenvalue weighted by molar-refractivity contribution is 7.90. The lowest BCUT2D eigenvalue weighted by Crippen LogP contribution is -2.46. The number of sulfonamides is 1. The van der Waals surface area contributed by atoms with Gasteiger partial charge in [0, 0.05) is 25.3 Å². The van der Waals surface area contributed by atoms with Gasteiger partial charge in [0.1, 0.15) is 0 Å². The molecule has 1 saturated carbocycles. The third kappa shape index (κ3) is 4.41. The van der Waals surface area contributed by atoms with Gasteiger partial charge in [0.25, 0.3) is 0 Å². The van der Waals surface area contributed by atoms with E-state index in [0.29, 0.717) is 32.1 Å². The Bertz CT molecular complexity index is 358. The molecule has 0 radical (unpaired) electrons. The van der Waals surface area contributed by atoms with E-state index in [1.54, 1.807) is 0 Å². The molecule has 0 aromatic carbocycles. The standard InChI is InChI=1S/C13H26N2O3S/c1-2-14-11-3-5-12(6-4-11)15-19(16,17)13-7-9-18-10-8-13/h11-15H,2-10H2,1H3. The first kappa shape index (κ1) is 15.2. The van der Waals surface area contributed by atoms with Crippen LogP contribution in [0.1, 0.15) is 45.4 Å². The van der Waals surface area contributed by atoms with Crippen LogP contribution in [0.15, 0.2) is 0 Å². The Kier molecular flexibility index (Phi) is 5.62. The normalized spacial score (nSPS) is 30.4. The largest absolute Gasteiger partial charge is 0.381 e. The van der Waals surface area contributed by atoms with Gasteiger partial charge in [-0.15, -0.1) is 0 Å². The Morgan fingerprint density at radius 3 is 2.16 bits per heavy atom. The molecule has 0 aromatic heterocycles. The Balaban J connectivity index is 1.80. The summed E-state index contributed by atoms with van der Waals surface area (Å²) < 4.78 is 32.7. The highest BCUT2D eigenvalue weighted by atomic mass is 32.2. The molecular formula is C13H26N2O3S. The molecule has 0 spiro atoms. The van der Waals surface area contributed by atoms with Crippen LogP contribution in [0.5, 0.6) is 0 Å². The fourth-order valence-corrected chi connectivity index (χ4v) is 4.72. The van der Waals surface area contributed by atoms with Crippen molar-refractivity contribution < 1.29 is 13.2 Å². The van der Waals surface area contributed by atoms with E-state index in [0.717, 1.165) is 32.2 Å². The summed E-state index contributed by atoms with van der Waals surface area (Å²) in [5, 5.41) is 3.18. The van der Waals surface area contributed by atoms with Crippen molar-refractivity contribution in [2.45, 2.75) is 62.8 Å². The van der Waals surface area contributed by atoms with E-state index in [2.05, 4.69) is 17.0 Å². The molecule has 1 saturated heterocycles. The molecule has 0 aromatic rings. The van der Waals surface area contributed by atoms with Crippen molar-refractivity contribution in [2.75, 3.05) is 19.8 Å². The topological polar surface area (TPSA) is 67.4 Å². The van der Waals surface area contributed by atoms with Gasteiger partial charge < -0.3 is 10.1 Å². The van der Waals surface area contributed by atoms with Gasteiger partial charge in [-0.1, -0.05) is 6.92 Å². The maximum absolute atomic E-state index is 12.3. The van der Waals surface area contributed by atoms with Crippen LogP contribution in [0, 0.1) is 0 Å². The molecule has 19 heavy (non-hydrogen) atoms. The highest BCUT2D eigenvalue weighted by Gasteiger charge is 2.31. The maximum atomic E-state index is 12.3. The van der Waals surface area contributed by atoms with Crippen LogP contribution in [-0.2, 0) is 14.8 Å². The van der Waals surface area contributed by atoms with Gasteiger partial charge in [-0.3, -0.25) is 0 Å². The van der Waals surface area contributed by atoms with E-state index >= 15 is 0 Å². The zero-order chi connectivity index (χ0) is 13.7. The fraction of sp³-hybridized carbons (Fsp3) is 1.00. The SMILES string of the molecule is CCNC1CCC(NS(=O)(=O)C2CCOCC2)CC1. The second kappa shape index (κ2) is 7.02. The zero-order valence-corrected chi connectivity index (χ0v) is 12.5. The summed E-state index contributed by atoms with van der Waals surface area (Å²) in [6.45, 7) is 4.24. The first-order chi connectivity index (χ1) is 9.12. The van der Waals surface area contributed by atoms with Crippen molar-refractivity contribution in [1.82, 2.24) is 10.0 Å². The Hall–Kier alpha value is -0.170. The van der Waals surface area contributed by atoms with Gasteiger partial charge in [0.2, 0.25) is 10.0 Å². The maximum Gasteiger partial charge on any atom is 0.214 e. The Morgan fingerprint density at radius 2 is 1.58 bits per heavy atom. The van der Waals surface area contributed by atoms with E-state index in [1.165, 1.54) is 0 Å². The average Bonchev–Trinajstić information content (AvgIpc) is 2.42. The summed E-state index contributed by atoms with van der Waals surface area (Å²) in [6.07, 6.45) is 5.27. The third-order valence-electron chi connectivity index (χ3n) is 4.16. The number of nitrogens with one attached hydrogen (secondary N) is 2. The number of hydrogen-bond acceptors (Lipinski definition) is 4. The molecule has 2 fully saturated rings. The minimum absolute atomic E-state index is 0.128. The zero-order valence-electron chi connectivity index (χ0n) is 11.7. The van der Waals surface area contributed by atoms with Crippen LogP contribution in [0.4, 0.5) is 0 Å². The molecular weight excluding hydrogens is 264 g/mol. The summed E-state index contributed by atoms with van der Waals surface area (Å²) in [7, 11) is -3.16. The van der Waals surface area contributed by atoms with Crippen molar-refractivity contribution in [3.63, 3.8) is 0 Å². The second-order valence-corrected chi connectivity index (χ2v) is 7.57. The van der Waals surface area contributed by atoms with E-state index in [4.69, 9.17) is 4.74 Å². The molecule has 6 heteroatoms. The van der Waals surface area contributed by atoms with Gasteiger partial charge >= 0.3 is 0 Å². The lowest BCUT2D eigenvalue weighted by atomic mass is 9.92. The predicted molar refractivity (Wildman–Crippen MR) is 75.6 cm³/mol. The van der Waals surface area contributed by atoms with Gasteiger partial charge in [0.05, 0.1) is 5.25 Å². The van der Waals surface area contributed by atoms with Crippen molar-refractivity contribution in [3.05, 3.63) is 0 Å². The summed E-state index contributed by atoms with van der Waals surface area (Å²) in [5.41, 5.74) is 0. The minimum atomic E-state index is -3.16. The fourth-order valence-electron chi connectivity index (χ4n) is 3.02. The molecule has 112 valence electrons. The number of rotatable bonds is 5. The third-order valence-corrected chi connectivity index (χ3v) is 6.17. The van der Waals surface area contributed by atoms with E-state index in [-0.39, 0.29) is 11.3 Å². The Labute approximate surface area is 116 Å². The van der Waals surface area contributed by atoms with Crippen molar-refractivity contribution in [3.8, 4) is 0 Å². The van der Waals surface area contributed by atoms with Crippen molar-refractivity contribution in [1.29, 1.82) is 0 Å². The van der Waals surface area contributed by atoms with Gasteiger partial charge in [0.15, 0.2) is 0 Å². The van der Waals surface area contributed by atoms with E-state index in [9.17, 15) is 8.42 Å². The molecule has 5 nitrogen and oxygen atoms in total. The molecule has 1 aliphatic carbocycles. The lowest BCUT2D eigenvalue weighted by Gasteiger charge is -2.31. The molecule has 2 aliphatic rings. The van der Waals surface area contributed by atoms with Crippen LogP contribution >= 0.6 is 0 Å². The molecule has 1 aliphatic heterocycles. The monoisotopic (exact) mass is 290 g/mol. The molecule has 2 rings (SSSR count). The molecule has 0 unspecified atom stereocenters. The van der Waals surface area contributed by atoms with Gasteiger partial charge in [-0.25, -0.2) is 13.1 Å². The van der Waals surface area contributed by atoms with Crippen LogP contribution in [0.3, 0.4) is 0 Å². The molecule has 2 N–H and O–H groups in total. The molecule has 0 amide bonds. The highest BCUT2D eigenvalue weighted by Crippen LogP contribution is 2.21. The predicted octanol–water partition coefficient (Wildman–Crippen LogP) is 1.01. The van der Waals surface area contributed by atoms with Crippen LogP contribution < -0.4 is 10.0 Å². The smallest absolute Gasteiger partial charge is 0.214 e. The number of ether oxygens (including phenoxy) is 1. The Morgan fingerprint density at radius 1 is 1.00 bits per heavy atom. The van der Waals surface area contributed by atoms with E-state index in [1.807, 2.05) is 0 Å². The van der Waals surface area contributed by atoms with Gasteiger partial charge in [-0.2, -0.15) is 0 Å². The molecule has 0 atom stereocenters. The van der Waals surface area contributed by atoms with Gasteiger partial charge in [-0.05, 0) is 45.1 Å². The molecule has 0 bridgehead atoms. The molecule has 1 heterocycles. The van der Waals surface area contributed by atoms with E-state index < -0.39 is 10.0 Å². The van der Waals surface area contributed by atoms with Crippen LogP contribution in [0.2, 0.25) is 0 Å². The van der Waals surface area contributed by atoms with Crippen LogP contribution in [0.25, 0.3) is 0 Å². The van der Waals surface area contributed by atoms with Crippen molar-refractivity contribution in [2.24, 2.45) is 0 Å². The summed E-state index contributed by atoms with van der Waals surface area (Å²) in [5.74, 6) is 0. The first-order valence-electron chi connectivity index (χ1n) is 7.44. The minimum Gasteiger partial charge on any atom is -0.381 e. The summed E-state index contributed by atoms with van der Waals surface area (Å²) in [4.78, 5) is 0. The number of hydrogen-bond donors (Lipinski definition) is 2. The summed E-state index contributed by atoms with van der Waals surface area (Å²) >= 11 is 0. The lowest BCUT2D eigenvalue weighted by molar-refractivity contribution is 0.0980. The first-order valence-corrected chi connectivity index (χ1v) is 8.98. The van der Waals surface area contributed by atoms with Crippen LogP contribution in [-0.4, -0.2) is 45.5 Å². The average molecular weight is 290 g/mol. The quantitative estimate of drug-likeness (QED) is 0.793. The summed E-state index contributed by atoms with van der Waals surface area (Å²) in [6, 6.07) is 0.691. The van der Waals surface area contributed by atoms with Crippen molar-refractivity contribution >= 4 is 10.0 Å².